The van der Waals surface area contributed by atoms with Crippen molar-refractivity contribution in [3.05, 3.63) is 58.7 Å². The molecule has 0 radical (unpaired) electrons. The number of aromatic nitrogens is 1. The third-order valence-corrected chi connectivity index (χ3v) is 6.45. The minimum Gasteiger partial charge on any atom is -0.481 e. The van der Waals surface area contributed by atoms with Gasteiger partial charge in [0.25, 0.3) is 5.91 Å². The van der Waals surface area contributed by atoms with E-state index in [9.17, 15) is 9.59 Å². The molecule has 0 saturated carbocycles. The minimum atomic E-state index is -0.701. The first-order valence-corrected chi connectivity index (χ1v) is 11.6. The van der Waals surface area contributed by atoms with Crippen molar-refractivity contribution in [2.75, 3.05) is 20.1 Å². The average Bonchev–Trinajstić information content (AvgIpc) is 2.82. The summed E-state index contributed by atoms with van der Waals surface area (Å²) in [6.45, 7) is 2.75. The number of fused-ring (bicyclic) bond motifs is 1. The Morgan fingerprint density at radius 1 is 1.15 bits per heavy atom. The summed E-state index contributed by atoms with van der Waals surface area (Å²) in [5.41, 5.74) is 2.38. The highest BCUT2D eigenvalue weighted by Crippen LogP contribution is 2.35. The Kier molecular flexibility index (Phi) is 7.05. The lowest BCUT2D eigenvalue weighted by atomic mass is 9.97. The number of carbonyl (C=O) groups is 2. The molecule has 2 atom stereocenters. The molecule has 1 aliphatic heterocycles. The summed E-state index contributed by atoms with van der Waals surface area (Å²) in [4.78, 5) is 31.1. The van der Waals surface area contributed by atoms with Crippen molar-refractivity contribution < 1.29 is 14.3 Å². The molecule has 0 unspecified atom stereocenters. The van der Waals surface area contributed by atoms with E-state index in [2.05, 4.69) is 10.3 Å². The van der Waals surface area contributed by atoms with Gasteiger partial charge in [-0.2, -0.15) is 0 Å². The topological polar surface area (TPSA) is 71.5 Å². The van der Waals surface area contributed by atoms with Gasteiger partial charge in [0, 0.05) is 42.2 Å². The fourth-order valence-electron chi connectivity index (χ4n) is 4.26. The van der Waals surface area contributed by atoms with Gasteiger partial charge in [0.05, 0.1) is 11.4 Å². The molecular weight excluding hydrogens is 461 g/mol. The second-order valence-corrected chi connectivity index (χ2v) is 8.94. The molecule has 1 fully saturated rings. The van der Waals surface area contributed by atoms with Crippen LogP contribution in [0.15, 0.2) is 48.5 Å². The molecule has 8 heteroatoms. The van der Waals surface area contributed by atoms with Gasteiger partial charge in [0.15, 0.2) is 6.10 Å². The first-order chi connectivity index (χ1) is 15.9. The molecule has 6 nitrogen and oxygen atoms in total. The van der Waals surface area contributed by atoms with Crippen LogP contribution in [0.1, 0.15) is 19.8 Å². The van der Waals surface area contributed by atoms with Crippen LogP contribution in [0.5, 0.6) is 5.75 Å². The zero-order valence-electron chi connectivity index (χ0n) is 18.5. The lowest BCUT2D eigenvalue weighted by Gasteiger charge is -2.33. The van der Waals surface area contributed by atoms with Gasteiger partial charge in [-0.25, -0.2) is 4.98 Å². The van der Waals surface area contributed by atoms with Crippen molar-refractivity contribution in [3.8, 4) is 16.9 Å². The molecule has 1 saturated heterocycles. The van der Waals surface area contributed by atoms with Crippen molar-refractivity contribution in [1.29, 1.82) is 0 Å². The summed E-state index contributed by atoms with van der Waals surface area (Å²) < 4.78 is 5.97. The highest BCUT2D eigenvalue weighted by atomic mass is 35.5. The summed E-state index contributed by atoms with van der Waals surface area (Å²) >= 11 is 12.7. The molecule has 2 aromatic carbocycles. The summed E-state index contributed by atoms with van der Waals surface area (Å²) in [5, 5.41) is 4.51. The maximum Gasteiger partial charge on any atom is 0.263 e. The third-order valence-electron chi connectivity index (χ3n) is 5.92. The van der Waals surface area contributed by atoms with Crippen LogP contribution in [0.2, 0.25) is 10.2 Å². The van der Waals surface area contributed by atoms with Crippen LogP contribution in [0.3, 0.4) is 0 Å². The number of hydrogen-bond acceptors (Lipinski definition) is 4. The molecule has 1 aliphatic rings. The van der Waals surface area contributed by atoms with E-state index < -0.39 is 6.10 Å². The van der Waals surface area contributed by atoms with Crippen LogP contribution in [-0.2, 0) is 9.59 Å². The van der Waals surface area contributed by atoms with Crippen LogP contribution in [0.4, 0.5) is 0 Å². The van der Waals surface area contributed by atoms with Gasteiger partial charge >= 0.3 is 0 Å². The standard InChI is InChI=1S/C25H25Cl2N3O3/c1-15(25(32)30-11-5-6-16(14-30)24(31)28-2)33-17-9-10-19-20(13-23(27)29-22(19)12-17)18-7-3-4-8-21(18)26/h3-4,7-10,12-13,15-16H,5-6,11,14H2,1-2H3,(H,28,31)/t15-,16+/m1/s1. The second kappa shape index (κ2) is 9.98. The molecule has 2 heterocycles. The van der Waals surface area contributed by atoms with E-state index in [0.717, 1.165) is 29.4 Å². The quantitative estimate of drug-likeness (QED) is 0.518. The zero-order chi connectivity index (χ0) is 23.5. The van der Waals surface area contributed by atoms with Crippen LogP contribution >= 0.6 is 23.2 Å². The van der Waals surface area contributed by atoms with Crippen molar-refractivity contribution in [2.45, 2.75) is 25.9 Å². The Labute approximate surface area is 202 Å². The van der Waals surface area contributed by atoms with Gasteiger partial charge in [0.2, 0.25) is 5.91 Å². The minimum absolute atomic E-state index is 0.0344. The molecule has 1 aromatic heterocycles. The summed E-state index contributed by atoms with van der Waals surface area (Å²) in [7, 11) is 1.62. The Hall–Kier alpha value is -2.83. The first-order valence-electron chi connectivity index (χ1n) is 10.9. The maximum atomic E-state index is 13.0. The predicted molar refractivity (Wildman–Crippen MR) is 131 cm³/mol. The number of carbonyl (C=O) groups excluding carboxylic acids is 2. The summed E-state index contributed by atoms with van der Waals surface area (Å²) in [5.74, 6) is 0.158. The Morgan fingerprint density at radius 2 is 1.94 bits per heavy atom. The molecule has 2 amide bonds. The van der Waals surface area contributed by atoms with Gasteiger partial charge in [0.1, 0.15) is 10.9 Å². The van der Waals surface area contributed by atoms with E-state index in [1.807, 2.05) is 36.4 Å². The number of rotatable bonds is 5. The largest absolute Gasteiger partial charge is 0.481 e. The SMILES string of the molecule is CNC(=O)[C@H]1CCCN(C(=O)[C@@H](C)Oc2ccc3c(-c4ccccc4Cl)cc(Cl)nc3c2)C1. The van der Waals surface area contributed by atoms with Gasteiger partial charge in [-0.05, 0) is 49.6 Å². The fraction of sp³-hybridized carbons (Fsp3) is 0.320. The van der Waals surface area contributed by atoms with Crippen molar-refractivity contribution in [2.24, 2.45) is 5.92 Å². The Balaban J connectivity index is 1.55. The van der Waals surface area contributed by atoms with Crippen LogP contribution in [0, 0.1) is 5.92 Å². The molecule has 4 rings (SSSR count). The molecule has 1 N–H and O–H groups in total. The zero-order valence-corrected chi connectivity index (χ0v) is 20.0. The lowest BCUT2D eigenvalue weighted by molar-refractivity contribution is -0.141. The normalized spacial score (nSPS) is 17.0. The molecule has 0 bridgehead atoms. The van der Waals surface area contributed by atoms with E-state index in [4.69, 9.17) is 27.9 Å². The van der Waals surface area contributed by atoms with Gasteiger partial charge in [-0.3, -0.25) is 9.59 Å². The maximum absolute atomic E-state index is 13.0. The molecule has 33 heavy (non-hydrogen) atoms. The van der Waals surface area contributed by atoms with Gasteiger partial charge in [-0.15, -0.1) is 0 Å². The highest BCUT2D eigenvalue weighted by Gasteiger charge is 2.30. The smallest absolute Gasteiger partial charge is 0.263 e. The highest BCUT2D eigenvalue weighted by molar-refractivity contribution is 6.34. The van der Waals surface area contributed by atoms with E-state index in [0.29, 0.717) is 34.5 Å². The third kappa shape index (κ3) is 5.07. The van der Waals surface area contributed by atoms with Crippen molar-refractivity contribution >= 4 is 45.9 Å². The number of halogens is 2. The Morgan fingerprint density at radius 3 is 2.70 bits per heavy atom. The van der Waals surface area contributed by atoms with Crippen molar-refractivity contribution in [1.82, 2.24) is 15.2 Å². The monoisotopic (exact) mass is 485 g/mol. The van der Waals surface area contributed by atoms with Gasteiger partial charge < -0.3 is 15.0 Å². The van der Waals surface area contributed by atoms with Crippen LogP contribution in [0.25, 0.3) is 22.0 Å². The molecule has 0 aliphatic carbocycles. The van der Waals surface area contributed by atoms with E-state index >= 15 is 0 Å². The average molecular weight is 486 g/mol. The number of piperidine rings is 1. The van der Waals surface area contributed by atoms with E-state index in [-0.39, 0.29) is 17.7 Å². The molecular formula is C25H25Cl2N3O3. The number of hydrogen-bond donors (Lipinski definition) is 1. The second-order valence-electron chi connectivity index (χ2n) is 8.15. The number of likely N-dealkylation sites (tertiary alicyclic amines) is 1. The molecule has 172 valence electrons. The van der Waals surface area contributed by atoms with Crippen LogP contribution in [-0.4, -0.2) is 47.9 Å². The summed E-state index contributed by atoms with van der Waals surface area (Å²) in [6.07, 6.45) is 0.872. The molecule has 3 aromatic rings. The number of pyridine rings is 1. The van der Waals surface area contributed by atoms with Crippen LogP contribution < -0.4 is 10.1 Å². The fourth-order valence-corrected chi connectivity index (χ4v) is 4.70. The lowest BCUT2D eigenvalue weighted by Crippen LogP contribution is -2.48. The van der Waals surface area contributed by atoms with Gasteiger partial charge in [-0.1, -0.05) is 41.4 Å². The number of benzene rings is 2. The number of ether oxygens (including phenoxy) is 1. The first kappa shape index (κ1) is 23.3. The summed E-state index contributed by atoms with van der Waals surface area (Å²) in [6, 6.07) is 14.8. The van der Waals surface area contributed by atoms with E-state index in [1.165, 1.54) is 0 Å². The Bertz CT molecular complexity index is 1200. The number of nitrogens with one attached hydrogen (secondary N) is 1. The number of amides is 2. The van der Waals surface area contributed by atoms with Crippen molar-refractivity contribution in [3.63, 3.8) is 0 Å². The number of nitrogens with zero attached hydrogens (tertiary/aromatic N) is 2. The molecule has 0 spiro atoms. The van der Waals surface area contributed by atoms with E-state index in [1.54, 1.807) is 31.0 Å². The predicted octanol–water partition coefficient (Wildman–Crippen LogP) is 4.96.